The van der Waals surface area contributed by atoms with Gasteiger partial charge in [-0.1, -0.05) is 224 Å². The largest absolute Gasteiger partial charge is 0.256 e. The van der Waals surface area contributed by atoms with Gasteiger partial charge in [-0.05, 0) is 120 Å². The van der Waals surface area contributed by atoms with Gasteiger partial charge in [-0.15, -0.1) is 0 Å². The van der Waals surface area contributed by atoms with Crippen LogP contribution in [0.5, 0.6) is 0 Å². The average Bonchev–Trinajstić information content (AvgIpc) is 3.48. The molecule has 3 aromatic heterocycles. The third-order valence-electron chi connectivity index (χ3n) is 13.5. The minimum Gasteiger partial charge on any atom is -0.256 e. The maximum atomic E-state index is 4.95. The molecule has 12 rings (SSSR count). The monoisotopic (exact) mass is 917 g/mol. The Bertz CT molecular complexity index is 3650. The zero-order chi connectivity index (χ0) is 48.1. The zero-order valence-corrected chi connectivity index (χ0v) is 39.5. The second-order valence-corrected chi connectivity index (χ2v) is 18.0. The van der Waals surface area contributed by atoms with Crippen LogP contribution in [0.3, 0.4) is 0 Å². The molecular weight excluding hydrogens is 871 g/mol. The molecule has 0 amide bonds. The zero-order valence-electron chi connectivity index (χ0n) is 39.5. The number of hydrogen-bond donors (Lipinski definition) is 0. The lowest BCUT2D eigenvalue weighted by Crippen LogP contribution is -1.93. The van der Waals surface area contributed by atoms with Gasteiger partial charge in [0.25, 0.3) is 0 Å². The summed E-state index contributed by atoms with van der Waals surface area (Å²) in [7, 11) is 0. The smallest absolute Gasteiger partial charge is 0.0708 e. The van der Waals surface area contributed by atoms with Crippen LogP contribution in [0.2, 0.25) is 0 Å². The van der Waals surface area contributed by atoms with E-state index in [0.29, 0.717) is 0 Å². The quantitative estimate of drug-likeness (QED) is 0.130. The molecule has 3 heteroatoms. The van der Waals surface area contributed by atoms with Crippen LogP contribution in [0.1, 0.15) is 0 Å². The maximum absolute atomic E-state index is 4.95. The summed E-state index contributed by atoms with van der Waals surface area (Å²) in [6, 6.07) is 94.8. The van der Waals surface area contributed by atoms with Crippen LogP contribution in [0.15, 0.2) is 286 Å². The predicted molar refractivity (Wildman–Crippen MR) is 300 cm³/mol. The molecule has 72 heavy (non-hydrogen) atoms. The second kappa shape index (κ2) is 19.8. The van der Waals surface area contributed by atoms with Crippen LogP contribution in [-0.4, -0.2) is 15.0 Å². The van der Waals surface area contributed by atoms with Gasteiger partial charge >= 0.3 is 0 Å². The first kappa shape index (κ1) is 43.7. The van der Waals surface area contributed by atoms with E-state index in [2.05, 4.69) is 255 Å². The Morgan fingerprint density at radius 1 is 0.167 bits per heavy atom. The fourth-order valence-electron chi connectivity index (χ4n) is 9.79. The van der Waals surface area contributed by atoms with Gasteiger partial charge in [0, 0.05) is 46.4 Å². The average molecular weight is 918 g/mol. The molecule has 0 N–H and O–H groups in total. The Labute approximate surface area is 421 Å². The Kier molecular flexibility index (Phi) is 12.0. The molecule has 0 fully saturated rings. The van der Waals surface area contributed by atoms with Crippen LogP contribution in [0, 0.1) is 0 Å². The fourth-order valence-corrected chi connectivity index (χ4v) is 9.79. The van der Waals surface area contributed by atoms with E-state index in [1.165, 1.54) is 11.1 Å². The Hall–Kier alpha value is -9.57. The number of rotatable bonds is 11. The van der Waals surface area contributed by atoms with Crippen LogP contribution >= 0.6 is 0 Å². The van der Waals surface area contributed by atoms with Crippen LogP contribution in [-0.2, 0) is 0 Å². The van der Waals surface area contributed by atoms with E-state index in [0.717, 1.165) is 112 Å². The summed E-state index contributed by atoms with van der Waals surface area (Å²) < 4.78 is 0. The van der Waals surface area contributed by atoms with Gasteiger partial charge < -0.3 is 0 Å². The summed E-state index contributed by atoms with van der Waals surface area (Å²) in [6.45, 7) is 0. The molecule has 0 saturated heterocycles. The summed E-state index contributed by atoms with van der Waals surface area (Å²) in [6.07, 6.45) is 5.91. The van der Waals surface area contributed by atoms with Gasteiger partial charge in [-0.25, -0.2) is 0 Å². The number of aromatic nitrogens is 3. The highest BCUT2D eigenvalue weighted by molar-refractivity contribution is 5.94. The van der Waals surface area contributed by atoms with E-state index in [4.69, 9.17) is 15.0 Å². The third-order valence-corrected chi connectivity index (χ3v) is 13.5. The lowest BCUT2D eigenvalue weighted by molar-refractivity contribution is 1.32. The molecule has 0 radical (unpaired) electrons. The molecule has 0 saturated carbocycles. The molecule has 0 spiro atoms. The Morgan fingerprint density at radius 2 is 0.472 bits per heavy atom. The molecule has 338 valence electrons. The van der Waals surface area contributed by atoms with Gasteiger partial charge in [-0.2, -0.15) is 0 Å². The van der Waals surface area contributed by atoms with Crippen molar-refractivity contribution in [1.82, 2.24) is 15.0 Å². The normalized spacial score (nSPS) is 11.1. The van der Waals surface area contributed by atoms with Crippen molar-refractivity contribution >= 4 is 0 Å². The van der Waals surface area contributed by atoms with Crippen LogP contribution in [0.4, 0.5) is 0 Å². The molecule has 0 atom stereocenters. The molecule has 0 unspecified atom stereocenters. The number of pyridine rings is 3. The van der Waals surface area contributed by atoms with Crippen LogP contribution < -0.4 is 0 Å². The van der Waals surface area contributed by atoms with Crippen molar-refractivity contribution in [2.75, 3.05) is 0 Å². The maximum Gasteiger partial charge on any atom is 0.0708 e. The van der Waals surface area contributed by atoms with Gasteiger partial charge in [-0.3, -0.25) is 15.0 Å². The molecule has 0 aliphatic rings. The van der Waals surface area contributed by atoms with Crippen molar-refractivity contribution in [3.63, 3.8) is 0 Å². The van der Waals surface area contributed by atoms with Crippen molar-refractivity contribution < 1.29 is 0 Å². The first-order chi connectivity index (χ1) is 35.7. The fraction of sp³-hybridized carbons (Fsp3) is 0. The van der Waals surface area contributed by atoms with Crippen molar-refractivity contribution in [2.24, 2.45) is 0 Å². The van der Waals surface area contributed by atoms with E-state index in [1.54, 1.807) is 0 Å². The number of benzene rings is 9. The third kappa shape index (κ3) is 9.07. The van der Waals surface area contributed by atoms with E-state index in [9.17, 15) is 0 Å². The second-order valence-electron chi connectivity index (χ2n) is 18.0. The summed E-state index contributed by atoms with van der Waals surface area (Å²) in [4.78, 5) is 14.7. The van der Waals surface area contributed by atoms with Crippen molar-refractivity contribution in [2.45, 2.75) is 0 Å². The van der Waals surface area contributed by atoms with Crippen molar-refractivity contribution in [3.8, 4) is 123 Å². The summed E-state index contributed by atoms with van der Waals surface area (Å²) in [5.74, 6) is 0. The van der Waals surface area contributed by atoms with Crippen LogP contribution in [0.25, 0.3) is 123 Å². The minimum atomic E-state index is 0.934. The molecule has 0 aliphatic carbocycles. The predicted octanol–water partition coefficient (Wildman–Crippen LogP) is 18.2. The highest BCUT2D eigenvalue weighted by Crippen LogP contribution is 2.43. The van der Waals surface area contributed by atoms with E-state index < -0.39 is 0 Å². The first-order valence-electron chi connectivity index (χ1n) is 24.4. The molecular formula is C69H47N3. The van der Waals surface area contributed by atoms with Gasteiger partial charge in [0.05, 0.1) is 17.1 Å². The molecule has 9 aromatic carbocycles. The first-order valence-corrected chi connectivity index (χ1v) is 24.4. The molecule has 0 aliphatic heterocycles. The summed E-state index contributed by atoms with van der Waals surface area (Å²) in [5.41, 5.74) is 24.2. The molecule has 3 heterocycles. The molecule has 3 nitrogen and oxygen atoms in total. The Balaban J connectivity index is 0.933. The summed E-state index contributed by atoms with van der Waals surface area (Å²) >= 11 is 0. The van der Waals surface area contributed by atoms with E-state index in [1.807, 2.05) is 30.7 Å². The number of hydrogen-bond acceptors (Lipinski definition) is 3. The lowest BCUT2D eigenvalue weighted by atomic mass is 9.86. The minimum absolute atomic E-state index is 0.934. The van der Waals surface area contributed by atoms with Crippen molar-refractivity contribution in [3.05, 3.63) is 286 Å². The van der Waals surface area contributed by atoms with E-state index >= 15 is 0 Å². The highest BCUT2D eigenvalue weighted by Gasteiger charge is 2.17. The molecule has 12 aromatic rings. The van der Waals surface area contributed by atoms with Gasteiger partial charge in [0.1, 0.15) is 0 Å². The highest BCUT2D eigenvalue weighted by atomic mass is 14.7. The SMILES string of the molecule is c1ccc(-c2ccc(-c3ccnc(-c4ccc(-c5ccccc5-c5cc(-c6ccccc6-c6ccc(-c7ccccc7)nc6)cc(-c6ccccc6-c6ccc(-c7ccccc7)nc6)c5)cc4)c3)cc2)cc1. The lowest BCUT2D eigenvalue weighted by Gasteiger charge is -2.18. The Morgan fingerprint density at radius 3 is 0.889 bits per heavy atom. The topological polar surface area (TPSA) is 38.7 Å². The number of nitrogens with zero attached hydrogens (tertiary/aromatic N) is 3. The van der Waals surface area contributed by atoms with Gasteiger partial charge in [0.15, 0.2) is 0 Å². The summed E-state index contributed by atoms with van der Waals surface area (Å²) in [5, 5.41) is 0. The van der Waals surface area contributed by atoms with Gasteiger partial charge in [0.2, 0.25) is 0 Å². The molecule has 0 bridgehead atoms. The standard InChI is InChI=1S/C69H47N3/c1-4-16-48(17-5-1)49-28-30-50(31-29-49)55-40-41-70-69(45-55)54-34-32-51(33-35-54)61-22-10-13-25-64(61)58-42-59(65-26-14-11-23-62(65)56-36-38-67(71-46-56)52-18-6-2-7-19-52)44-60(43-58)66-27-15-12-24-63(66)57-37-39-68(72-47-57)53-20-8-3-9-21-53/h1-47H. The van der Waals surface area contributed by atoms with Crippen molar-refractivity contribution in [1.29, 1.82) is 0 Å². The van der Waals surface area contributed by atoms with E-state index in [-0.39, 0.29) is 0 Å².